The fourth-order valence-corrected chi connectivity index (χ4v) is 2.45. The van der Waals surface area contributed by atoms with E-state index < -0.39 is 0 Å². The third-order valence-electron chi connectivity index (χ3n) is 3.51. The molecule has 8 nitrogen and oxygen atoms in total. The summed E-state index contributed by atoms with van der Waals surface area (Å²) < 4.78 is 1.64. The highest BCUT2D eigenvalue weighted by Crippen LogP contribution is 2.22. The van der Waals surface area contributed by atoms with Crippen molar-refractivity contribution in [3.8, 4) is 11.3 Å². The van der Waals surface area contributed by atoms with Crippen LogP contribution in [0, 0.1) is 0 Å². The molecule has 0 atom stereocenters. The van der Waals surface area contributed by atoms with E-state index in [1.807, 2.05) is 6.07 Å². The Bertz CT molecular complexity index is 761. The fraction of sp³-hybridized carbons (Fsp3) is 0.308. The largest absolute Gasteiger partial charge is 0.338 e. The van der Waals surface area contributed by atoms with E-state index in [1.165, 1.54) is 6.33 Å². The molecule has 0 bridgehead atoms. The van der Waals surface area contributed by atoms with Crippen molar-refractivity contribution in [1.29, 1.82) is 0 Å². The Kier molecular flexibility index (Phi) is 2.93. The van der Waals surface area contributed by atoms with Crippen LogP contribution in [0.5, 0.6) is 0 Å². The lowest BCUT2D eigenvalue weighted by atomic mass is 10.2. The quantitative estimate of drug-likeness (QED) is 0.707. The summed E-state index contributed by atoms with van der Waals surface area (Å²) in [5.41, 5.74) is 2.46. The molecule has 1 N–H and O–H groups in total. The maximum absolute atomic E-state index is 4.66. The highest BCUT2D eigenvalue weighted by molar-refractivity contribution is 5.74. The van der Waals surface area contributed by atoms with E-state index in [0.717, 1.165) is 49.0 Å². The molecule has 1 aliphatic heterocycles. The molecule has 0 aliphatic carbocycles. The molecule has 0 spiro atoms. The van der Waals surface area contributed by atoms with Crippen LogP contribution in [0.1, 0.15) is 0 Å². The van der Waals surface area contributed by atoms with Crippen LogP contribution in [-0.4, -0.2) is 55.7 Å². The number of anilines is 1. The molecule has 3 aromatic heterocycles. The molecule has 1 saturated heterocycles. The first kappa shape index (κ1) is 12.2. The highest BCUT2D eigenvalue weighted by Gasteiger charge is 2.15. The zero-order valence-electron chi connectivity index (χ0n) is 11.3. The smallest absolute Gasteiger partial charge is 0.225 e. The molecule has 1 fully saturated rings. The number of fused-ring (bicyclic) bond motifs is 1. The van der Waals surface area contributed by atoms with E-state index in [0.29, 0.717) is 0 Å². The van der Waals surface area contributed by atoms with Crippen molar-refractivity contribution in [2.45, 2.75) is 0 Å². The normalized spacial score (nSPS) is 15.5. The lowest BCUT2D eigenvalue weighted by molar-refractivity contribution is 0.580. The summed E-state index contributed by atoms with van der Waals surface area (Å²) in [5.74, 6) is 0.752. The molecule has 4 heterocycles. The van der Waals surface area contributed by atoms with Gasteiger partial charge in [0, 0.05) is 32.4 Å². The fourth-order valence-electron chi connectivity index (χ4n) is 2.45. The van der Waals surface area contributed by atoms with E-state index in [4.69, 9.17) is 0 Å². The van der Waals surface area contributed by atoms with Gasteiger partial charge in [-0.3, -0.25) is 0 Å². The molecule has 0 aromatic carbocycles. The second kappa shape index (κ2) is 5.06. The molecule has 4 rings (SSSR count). The van der Waals surface area contributed by atoms with E-state index in [2.05, 4.69) is 35.3 Å². The number of aromatic nitrogens is 6. The van der Waals surface area contributed by atoms with Crippen LogP contribution < -0.4 is 10.2 Å². The molecule has 0 radical (unpaired) electrons. The minimum absolute atomic E-state index is 0.745. The monoisotopic (exact) mass is 282 g/mol. The Morgan fingerprint density at radius 2 is 2.05 bits per heavy atom. The number of rotatable bonds is 2. The molecular weight excluding hydrogens is 268 g/mol. The summed E-state index contributed by atoms with van der Waals surface area (Å²) in [4.78, 5) is 19.4. The van der Waals surface area contributed by atoms with Crippen molar-refractivity contribution in [1.82, 2.24) is 34.9 Å². The van der Waals surface area contributed by atoms with Gasteiger partial charge in [-0.1, -0.05) is 0 Å². The average molecular weight is 282 g/mol. The number of nitrogens with zero attached hydrogens (tertiary/aromatic N) is 7. The van der Waals surface area contributed by atoms with Gasteiger partial charge in [0.15, 0.2) is 5.65 Å². The van der Waals surface area contributed by atoms with Gasteiger partial charge in [-0.15, -0.1) is 0 Å². The summed E-state index contributed by atoms with van der Waals surface area (Å²) >= 11 is 0. The Hall–Kier alpha value is -2.61. The van der Waals surface area contributed by atoms with Crippen molar-refractivity contribution in [3.63, 3.8) is 0 Å². The van der Waals surface area contributed by atoms with Crippen LogP contribution in [0.4, 0.5) is 5.95 Å². The third-order valence-corrected chi connectivity index (χ3v) is 3.51. The van der Waals surface area contributed by atoms with Crippen molar-refractivity contribution >= 4 is 11.6 Å². The SMILES string of the molecule is c1cc(-c2cnn3cncnc23)nc(N2CCNCC2)n1. The summed E-state index contributed by atoms with van der Waals surface area (Å²) in [6.07, 6.45) is 6.68. The summed E-state index contributed by atoms with van der Waals surface area (Å²) in [5, 5.41) is 7.57. The van der Waals surface area contributed by atoms with Gasteiger partial charge in [0.05, 0.1) is 17.5 Å². The second-order valence-electron chi connectivity index (χ2n) is 4.81. The lowest BCUT2D eigenvalue weighted by Crippen LogP contribution is -2.44. The molecule has 8 heteroatoms. The predicted octanol–water partition coefficient (Wildman–Crippen LogP) is -0.00910. The predicted molar refractivity (Wildman–Crippen MR) is 76.9 cm³/mol. The van der Waals surface area contributed by atoms with Crippen LogP contribution in [0.2, 0.25) is 0 Å². The molecule has 0 saturated carbocycles. The maximum Gasteiger partial charge on any atom is 0.225 e. The van der Waals surface area contributed by atoms with Gasteiger partial charge in [-0.2, -0.15) is 5.10 Å². The van der Waals surface area contributed by atoms with E-state index >= 15 is 0 Å². The minimum atomic E-state index is 0.745. The topological polar surface area (TPSA) is 84.1 Å². The molecule has 21 heavy (non-hydrogen) atoms. The van der Waals surface area contributed by atoms with Crippen LogP contribution in [0.15, 0.2) is 31.1 Å². The average Bonchev–Trinajstić information content (AvgIpc) is 3.00. The first-order valence-corrected chi connectivity index (χ1v) is 6.84. The zero-order chi connectivity index (χ0) is 14.1. The van der Waals surface area contributed by atoms with Crippen LogP contribution in [0.3, 0.4) is 0 Å². The second-order valence-corrected chi connectivity index (χ2v) is 4.81. The summed E-state index contributed by atoms with van der Waals surface area (Å²) in [7, 11) is 0. The number of hydrogen-bond acceptors (Lipinski definition) is 7. The Balaban J connectivity index is 1.75. The maximum atomic E-state index is 4.66. The number of nitrogens with one attached hydrogen (secondary N) is 1. The van der Waals surface area contributed by atoms with Crippen molar-refractivity contribution in [2.75, 3.05) is 31.1 Å². The molecule has 3 aromatic rings. The third kappa shape index (κ3) is 2.19. The molecule has 0 amide bonds. The van der Waals surface area contributed by atoms with Crippen LogP contribution in [-0.2, 0) is 0 Å². The van der Waals surface area contributed by atoms with Gasteiger partial charge in [-0.05, 0) is 6.07 Å². The van der Waals surface area contributed by atoms with E-state index in [1.54, 1.807) is 23.2 Å². The van der Waals surface area contributed by atoms with E-state index in [9.17, 15) is 0 Å². The standard InChI is InChI=1S/C13H14N8/c1-2-16-13(20-5-3-14-4-6-20)19-11(1)10-7-18-21-9-15-8-17-12(10)21/h1-2,7-9,14H,3-6H2. The minimum Gasteiger partial charge on any atom is -0.338 e. The Morgan fingerprint density at radius 3 is 2.95 bits per heavy atom. The number of piperazine rings is 1. The Labute approximate surface area is 120 Å². The van der Waals surface area contributed by atoms with Gasteiger partial charge in [0.2, 0.25) is 5.95 Å². The number of hydrogen-bond donors (Lipinski definition) is 1. The van der Waals surface area contributed by atoms with E-state index in [-0.39, 0.29) is 0 Å². The first-order valence-electron chi connectivity index (χ1n) is 6.84. The first-order chi connectivity index (χ1) is 10.4. The highest BCUT2D eigenvalue weighted by atomic mass is 15.3. The van der Waals surface area contributed by atoms with Gasteiger partial charge >= 0.3 is 0 Å². The summed E-state index contributed by atoms with van der Waals surface area (Å²) in [6.45, 7) is 3.75. The van der Waals surface area contributed by atoms with Gasteiger partial charge in [0.1, 0.15) is 12.7 Å². The summed E-state index contributed by atoms with van der Waals surface area (Å²) in [6, 6.07) is 1.88. The van der Waals surface area contributed by atoms with Gasteiger partial charge < -0.3 is 10.2 Å². The van der Waals surface area contributed by atoms with Gasteiger partial charge in [-0.25, -0.2) is 24.5 Å². The molecule has 0 unspecified atom stereocenters. The molecule has 1 aliphatic rings. The molecule has 106 valence electrons. The van der Waals surface area contributed by atoms with Crippen molar-refractivity contribution in [3.05, 3.63) is 31.1 Å². The molecular formula is C13H14N8. The van der Waals surface area contributed by atoms with Crippen LogP contribution in [0.25, 0.3) is 16.9 Å². The Morgan fingerprint density at radius 1 is 1.14 bits per heavy atom. The van der Waals surface area contributed by atoms with Crippen molar-refractivity contribution < 1.29 is 0 Å². The lowest BCUT2D eigenvalue weighted by Gasteiger charge is -2.27. The van der Waals surface area contributed by atoms with Gasteiger partial charge in [0.25, 0.3) is 0 Å². The van der Waals surface area contributed by atoms with Crippen LogP contribution >= 0.6 is 0 Å². The zero-order valence-corrected chi connectivity index (χ0v) is 11.3. The van der Waals surface area contributed by atoms with Crippen molar-refractivity contribution in [2.24, 2.45) is 0 Å².